The summed E-state index contributed by atoms with van der Waals surface area (Å²) in [5.41, 5.74) is 8.45. The highest BCUT2D eigenvalue weighted by Gasteiger charge is 2.65. The second-order valence-electron chi connectivity index (χ2n) is 10.6. The fourth-order valence-electron chi connectivity index (χ4n) is 6.04. The highest BCUT2D eigenvalue weighted by Crippen LogP contribution is 2.65. The Bertz CT molecular complexity index is 1530. The van der Waals surface area contributed by atoms with Gasteiger partial charge in [0.05, 0.1) is 29.8 Å². The number of ether oxygens (including phenoxy) is 1. The summed E-state index contributed by atoms with van der Waals surface area (Å²) < 4.78 is 5.44. The van der Waals surface area contributed by atoms with Crippen molar-refractivity contribution in [3.8, 4) is 0 Å². The van der Waals surface area contributed by atoms with Gasteiger partial charge in [-0.15, -0.1) is 0 Å². The topological polar surface area (TPSA) is 70.2 Å². The van der Waals surface area contributed by atoms with Crippen molar-refractivity contribution < 1.29 is 9.53 Å². The molecule has 4 aromatic rings. The van der Waals surface area contributed by atoms with Crippen molar-refractivity contribution in [2.24, 2.45) is 0 Å². The number of fused-ring (bicyclic) bond motifs is 3. The summed E-state index contributed by atoms with van der Waals surface area (Å²) in [6.45, 7) is 6.69. The second-order valence-corrected chi connectivity index (χ2v) is 10.6. The quantitative estimate of drug-likeness (QED) is 0.401. The summed E-state index contributed by atoms with van der Waals surface area (Å²) >= 11 is 0. The molecule has 1 amide bonds. The van der Waals surface area contributed by atoms with Gasteiger partial charge in [-0.2, -0.15) is 5.10 Å². The number of aromatic nitrogens is 2. The fourth-order valence-corrected chi connectivity index (χ4v) is 6.04. The van der Waals surface area contributed by atoms with Crippen molar-refractivity contribution in [2.75, 3.05) is 31.6 Å². The van der Waals surface area contributed by atoms with Gasteiger partial charge < -0.3 is 10.1 Å². The van der Waals surface area contributed by atoms with Crippen LogP contribution in [0, 0.1) is 6.92 Å². The Kier molecular flexibility index (Phi) is 5.27. The molecule has 2 fully saturated rings. The number of nitrogens with zero attached hydrogens (tertiary/aromatic N) is 2. The number of anilines is 1. The van der Waals surface area contributed by atoms with E-state index in [0.717, 1.165) is 72.7 Å². The minimum Gasteiger partial charge on any atom is -0.379 e. The second kappa shape index (κ2) is 8.68. The van der Waals surface area contributed by atoms with E-state index in [4.69, 9.17) is 4.74 Å². The maximum absolute atomic E-state index is 13.0. The normalized spacial score (nSPS) is 23.2. The smallest absolute Gasteiger partial charge is 0.235 e. The molecule has 2 unspecified atom stereocenters. The van der Waals surface area contributed by atoms with E-state index < -0.39 is 5.41 Å². The molecule has 2 aliphatic heterocycles. The maximum Gasteiger partial charge on any atom is 0.235 e. The van der Waals surface area contributed by atoms with Crippen LogP contribution in [0.4, 0.5) is 5.69 Å². The first-order valence-corrected chi connectivity index (χ1v) is 13.1. The zero-order valence-electron chi connectivity index (χ0n) is 21.0. The highest BCUT2D eigenvalue weighted by molar-refractivity contribution is 6.10. The third kappa shape index (κ3) is 3.88. The Hall–Kier alpha value is -3.74. The number of hydrogen-bond donors (Lipinski definition) is 2. The molecule has 3 aliphatic rings. The summed E-state index contributed by atoms with van der Waals surface area (Å²) in [6.07, 6.45) is 5.03. The molecule has 3 aromatic carbocycles. The fraction of sp³-hybridized carbons (Fsp3) is 0.290. The molecule has 1 saturated carbocycles. The molecule has 1 aromatic heterocycles. The molecule has 2 atom stereocenters. The van der Waals surface area contributed by atoms with Gasteiger partial charge in [0.25, 0.3) is 0 Å². The van der Waals surface area contributed by atoms with E-state index in [-0.39, 0.29) is 11.8 Å². The van der Waals surface area contributed by atoms with Crippen LogP contribution in [0.15, 0.2) is 60.7 Å². The van der Waals surface area contributed by atoms with Crippen LogP contribution in [0.3, 0.4) is 0 Å². The molecule has 6 heteroatoms. The highest BCUT2D eigenvalue weighted by atomic mass is 16.5. The summed E-state index contributed by atoms with van der Waals surface area (Å²) in [7, 11) is 0. The van der Waals surface area contributed by atoms with Crippen molar-refractivity contribution in [2.45, 2.75) is 31.2 Å². The van der Waals surface area contributed by atoms with Gasteiger partial charge in [-0.25, -0.2) is 0 Å². The summed E-state index contributed by atoms with van der Waals surface area (Å²) in [5.74, 6) is 0.320. The molecule has 2 N–H and O–H groups in total. The van der Waals surface area contributed by atoms with E-state index in [1.807, 2.05) is 6.07 Å². The molecule has 186 valence electrons. The van der Waals surface area contributed by atoms with Crippen LogP contribution in [0.1, 0.15) is 45.8 Å². The Labute approximate surface area is 216 Å². The summed E-state index contributed by atoms with van der Waals surface area (Å²) in [6, 6.07) is 21.5. The van der Waals surface area contributed by atoms with E-state index in [0.29, 0.717) is 0 Å². The van der Waals surface area contributed by atoms with Crippen molar-refractivity contribution in [3.63, 3.8) is 0 Å². The minimum atomic E-state index is -0.425. The molecule has 3 heterocycles. The molecule has 1 aliphatic carbocycles. The average Bonchev–Trinajstić information content (AvgIpc) is 3.47. The molecule has 7 rings (SSSR count). The lowest BCUT2D eigenvalue weighted by molar-refractivity contribution is -0.118. The zero-order chi connectivity index (χ0) is 25.0. The monoisotopic (exact) mass is 490 g/mol. The van der Waals surface area contributed by atoms with Crippen LogP contribution in [0.2, 0.25) is 0 Å². The number of nitrogens with one attached hydrogen (secondary N) is 2. The molecular formula is C31H30N4O2. The van der Waals surface area contributed by atoms with E-state index >= 15 is 0 Å². The van der Waals surface area contributed by atoms with Crippen molar-refractivity contribution in [3.05, 3.63) is 94.2 Å². The Morgan fingerprint density at radius 3 is 2.73 bits per heavy atom. The van der Waals surface area contributed by atoms with E-state index in [1.54, 1.807) is 0 Å². The number of hydrogen-bond acceptors (Lipinski definition) is 4. The molecule has 1 saturated heterocycles. The Morgan fingerprint density at radius 1 is 1.05 bits per heavy atom. The van der Waals surface area contributed by atoms with Gasteiger partial charge >= 0.3 is 0 Å². The minimum absolute atomic E-state index is 0.127. The first-order chi connectivity index (χ1) is 18.1. The van der Waals surface area contributed by atoms with E-state index in [2.05, 4.69) is 94.1 Å². The summed E-state index contributed by atoms with van der Waals surface area (Å²) in [5, 5.41) is 12.0. The van der Waals surface area contributed by atoms with Crippen LogP contribution in [-0.2, 0) is 21.5 Å². The molecular weight excluding hydrogens is 460 g/mol. The molecule has 0 bridgehead atoms. The number of aromatic amines is 1. The van der Waals surface area contributed by atoms with Crippen LogP contribution in [-0.4, -0.2) is 47.3 Å². The number of carbonyl (C=O) groups excluding carboxylic acids is 1. The van der Waals surface area contributed by atoms with Gasteiger partial charge in [0.2, 0.25) is 5.91 Å². The van der Waals surface area contributed by atoms with Crippen molar-refractivity contribution in [1.82, 2.24) is 15.1 Å². The maximum atomic E-state index is 13.0. The van der Waals surface area contributed by atoms with Crippen molar-refractivity contribution >= 4 is 34.6 Å². The van der Waals surface area contributed by atoms with Crippen LogP contribution >= 0.6 is 0 Å². The first kappa shape index (κ1) is 22.5. The third-order valence-corrected chi connectivity index (χ3v) is 8.21. The lowest BCUT2D eigenvalue weighted by Gasteiger charge is -2.26. The Morgan fingerprint density at radius 2 is 1.89 bits per heavy atom. The average molecular weight is 491 g/mol. The lowest BCUT2D eigenvalue weighted by Crippen LogP contribution is -2.35. The number of amides is 1. The molecule has 0 radical (unpaired) electrons. The Balaban J connectivity index is 1.08. The molecule has 37 heavy (non-hydrogen) atoms. The largest absolute Gasteiger partial charge is 0.379 e. The van der Waals surface area contributed by atoms with Crippen LogP contribution in [0.5, 0.6) is 0 Å². The standard InChI is InChI=1S/C31H30N4O2/c1-20-2-10-28-25(16-20)31(30(36)32-28)18-26(31)23-8-9-24-27(33-34-29(24)17-23)11-7-21-3-5-22(6-4-21)19-35-12-14-37-15-13-35/h2-11,16-17,26H,12-15,18-19H2,1H3,(H,32,36)(H,33,34)/b11-7+. The van der Waals surface area contributed by atoms with E-state index in [1.165, 1.54) is 16.7 Å². The van der Waals surface area contributed by atoms with Gasteiger partial charge in [-0.3, -0.25) is 14.8 Å². The predicted molar refractivity (Wildman–Crippen MR) is 146 cm³/mol. The number of rotatable bonds is 5. The van der Waals surface area contributed by atoms with Crippen LogP contribution in [0.25, 0.3) is 23.1 Å². The van der Waals surface area contributed by atoms with Gasteiger partial charge in [-0.1, -0.05) is 60.2 Å². The van der Waals surface area contributed by atoms with Crippen LogP contribution < -0.4 is 5.32 Å². The first-order valence-electron chi connectivity index (χ1n) is 13.1. The summed E-state index contributed by atoms with van der Waals surface area (Å²) in [4.78, 5) is 15.4. The number of carbonyl (C=O) groups is 1. The van der Waals surface area contributed by atoms with Gasteiger partial charge in [0.15, 0.2) is 0 Å². The van der Waals surface area contributed by atoms with Gasteiger partial charge in [-0.05, 0) is 53.8 Å². The SMILES string of the molecule is Cc1ccc2c(c1)C1(CC1c1ccc3c(/C=C/c4ccc(CN5CCOCC5)cc4)n[nH]c3c1)C(=O)N2. The third-order valence-electron chi connectivity index (χ3n) is 8.21. The van der Waals surface area contributed by atoms with Gasteiger partial charge in [0, 0.05) is 36.6 Å². The molecule has 6 nitrogen and oxygen atoms in total. The molecule has 1 spiro atoms. The number of benzene rings is 3. The number of aryl methyl sites for hydroxylation is 1. The zero-order valence-corrected chi connectivity index (χ0v) is 21.0. The van der Waals surface area contributed by atoms with E-state index in [9.17, 15) is 4.79 Å². The number of H-pyrrole nitrogens is 1. The van der Waals surface area contributed by atoms with Gasteiger partial charge in [0.1, 0.15) is 0 Å². The predicted octanol–water partition coefficient (Wildman–Crippen LogP) is 5.25. The van der Waals surface area contributed by atoms with Crippen molar-refractivity contribution in [1.29, 1.82) is 0 Å². The number of morpholine rings is 1. The lowest BCUT2D eigenvalue weighted by atomic mass is 9.91.